The topological polar surface area (TPSA) is 64.6 Å². The molecule has 0 fully saturated rings. The SMILES string of the molecule is CC(C)c1ccccc1OCC(=O)OCC(=O)N[C@H]1CCCc2ccccc21. The van der Waals surface area contributed by atoms with E-state index < -0.39 is 5.97 Å². The predicted molar refractivity (Wildman–Crippen MR) is 107 cm³/mol. The molecule has 28 heavy (non-hydrogen) atoms. The smallest absolute Gasteiger partial charge is 0.344 e. The Bertz CT molecular complexity index is 831. The summed E-state index contributed by atoms with van der Waals surface area (Å²) in [6.07, 6.45) is 2.96. The fraction of sp³-hybridized carbons (Fsp3) is 0.391. The Balaban J connectivity index is 1.46. The largest absolute Gasteiger partial charge is 0.482 e. The van der Waals surface area contributed by atoms with Crippen LogP contribution in [0.3, 0.4) is 0 Å². The van der Waals surface area contributed by atoms with Gasteiger partial charge in [-0.15, -0.1) is 0 Å². The van der Waals surface area contributed by atoms with Crippen LogP contribution >= 0.6 is 0 Å². The van der Waals surface area contributed by atoms with Crippen molar-refractivity contribution in [3.05, 3.63) is 65.2 Å². The van der Waals surface area contributed by atoms with E-state index in [0.29, 0.717) is 5.75 Å². The van der Waals surface area contributed by atoms with E-state index in [0.717, 1.165) is 30.4 Å². The Morgan fingerprint density at radius 1 is 1.07 bits per heavy atom. The third-order valence-electron chi connectivity index (χ3n) is 4.96. The molecule has 148 valence electrons. The van der Waals surface area contributed by atoms with Gasteiger partial charge in [-0.2, -0.15) is 0 Å². The van der Waals surface area contributed by atoms with E-state index in [-0.39, 0.29) is 31.1 Å². The molecule has 1 amide bonds. The maximum absolute atomic E-state index is 12.2. The highest BCUT2D eigenvalue weighted by molar-refractivity contribution is 5.81. The van der Waals surface area contributed by atoms with Crippen molar-refractivity contribution in [2.75, 3.05) is 13.2 Å². The number of rotatable bonds is 7. The first kappa shape index (κ1) is 19.9. The van der Waals surface area contributed by atoms with Crippen LogP contribution in [0.2, 0.25) is 0 Å². The summed E-state index contributed by atoms with van der Waals surface area (Å²) in [7, 11) is 0. The molecule has 0 radical (unpaired) electrons. The molecular formula is C23H27NO4. The molecule has 2 aromatic rings. The molecule has 5 heteroatoms. The number of esters is 1. The van der Waals surface area contributed by atoms with Crippen LogP contribution in [0, 0.1) is 0 Å². The molecular weight excluding hydrogens is 354 g/mol. The number of para-hydroxylation sites is 1. The van der Waals surface area contributed by atoms with Gasteiger partial charge in [-0.25, -0.2) is 4.79 Å². The van der Waals surface area contributed by atoms with Crippen LogP contribution < -0.4 is 10.1 Å². The van der Waals surface area contributed by atoms with E-state index in [1.807, 2.05) is 42.5 Å². The molecule has 0 saturated heterocycles. The number of carbonyl (C=O) groups excluding carboxylic acids is 2. The van der Waals surface area contributed by atoms with Crippen LogP contribution in [-0.2, 0) is 20.7 Å². The Kier molecular flexibility index (Phi) is 6.69. The zero-order valence-electron chi connectivity index (χ0n) is 16.4. The third kappa shape index (κ3) is 5.12. The van der Waals surface area contributed by atoms with Gasteiger partial charge in [0.1, 0.15) is 5.75 Å². The Morgan fingerprint density at radius 3 is 2.64 bits per heavy atom. The van der Waals surface area contributed by atoms with Crippen LogP contribution in [0.25, 0.3) is 0 Å². The number of aryl methyl sites for hydroxylation is 1. The van der Waals surface area contributed by atoms with Crippen LogP contribution in [0.1, 0.15) is 55.3 Å². The van der Waals surface area contributed by atoms with Crippen molar-refractivity contribution in [3.8, 4) is 5.75 Å². The number of carbonyl (C=O) groups is 2. The summed E-state index contributed by atoms with van der Waals surface area (Å²) in [5.41, 5.74) is 3.46. The maximum atomic E-state index is 12.2. The minimum Gasteiger partial charge on any atom is -0.482 e. The summed E-state index contributed by atoms with van der Waals surface area (Å²) in [6.45, 7) is 3.61. The van der Waals surface area contributed by atoms with Crippen molar-refractivity contribution in [1.29, 1.82) is 0 Å². The van der Waals surface area contributed by atoms with Crippen molar-refractivity contribution in [2.24, 2.45) is 0 Å². The lowest BCUT2D eigenvalue weighted by Gasteiger charge is -2.26. The number of fused-ring (bicyclic) bond motifs is 1. The van der Waals surface area contributed by atoms with Gasteiger partial charge in [-0.05, 0) is 47.9 Å². The second-order valence-corrected chi connectivity index (χ2v) is 7.35. The highest BCUT2D eigenvalue weighted by atomic mass is 16.6. The predicted octanol–water partition coefficient (Wildman–Crippen LogP) is 3.93. The van der Waals surface area contributed by atoms with Gasteiger partial charge in [0.15, 0.2) is 13.2 Å². The molecule has 1 atom stereocenters. The van der Waals surface area contributed by atoms with Gasteiger partial charge in [0.25, 0.3) is 5.91 Å². The molecule has 1 aliphatic rings. The zero-order chi connectivity index (χ0) is 19.9. The molecule has 2 aromatic carbocycles. The second-order valence-electron chi connectivity index (χ2n) is 7.35. The minimum absolute atomic E-state index is 0.0229. The monoisotopic (exact) mass is 381 g/mol. The number of nitrogens with one attached hydrogen (secondary N) is 1. The normalized spacial score (nSPS) is 15.6. The van der Waals surface area contributed by atoms with Gasteiger partial charge in [-0.3, -0.25) is 4.79 Å². The quantitative estimate of drug-likeness (QED) is 0.738. The van der Waals surface area contributed by atoms with Crippen LogP contribution in [-0.4, -0.2) is 25.1 Å². The number of hydrogen-bond donors (Lipinski definition) is 1. The van der Waals surface area contributed by atoms with Crippen molar-refractivity contribution >= 4 is 11.9 Å². The van der Waals surface area contributed by atoms with Crippen molar-refractivity contribution < 1.29 is 19.1 Å². The molecule has 0 unspecified atom stereocenters. The van der Waals surface area contributed by atoms with Gasteiger partial charge >= 0.3 is 5.97 Å². The van der Waals surface area contributed by atoms with Gasteiger partial charge in [0.05, 0.1) is 6.04 Å². The van der Waals surface area contributed by atoms with Crippen LogP contribution in [0.4, 0.5) is 0 Å². The standard InChI is InChI=1S/C23H27NO4/c1-16(2)18-10-5-6-13-21(18)27-15-23(26)28-14-22(25)24-20-12-7-9-17-8-3-4-11-19(17)20/h3-6,8,10-11,13,16,20H,7,9,12,14-15H2,1-2H3,(H,24,25)/t20-/m0/s1. The first-order chi connectivity index (χ1) is 13.5. The molecule has 1 aliphatic carbocycles. The van der Waals surface area contributed by atoms with Gasteiger partial charge in [0, 0.05) is 0 Å². The summed E-state index contributed by atoms with van der Waals surface area (Å²) >= 11 is 0. The Morgan fingerprint density at radius 2 is 1.82 bits per heavy atom. The maximum Gasteiger partial charge on any atom is 0.344 e. The molecule has 3 rings (SSSR count). The first-order valence-corrected chi connectivity index (χ1v) is 9.79. The lowest BCUT2D eigenvalue weighted by molar-refractivity contribution is -0.150. The van der Waals surface area contributed by atoms with Crippen molar-refractivity contribution in [3.63, 3.8) is 0 Å². The van der Waals surface area contributed by atoms with E-state index in [1.165, 1.54) is 5.56 Å². The molecule has 1 N–H and O–H groups in total. The Hall–Kier alpha value is -2.82. The highest BCUT2D eigenvalue weighted by Crippen LogP contribution is 2.29. The second kappa shape index (κ2) is 9.40. The summed E-state index contributed by atoms with van der Waals surface area (Å²) < 4.78 is 10.7. The molecule has 0 aromatic heterocycles. The number of amides is 1. The molecule has 0 heterocycles. The third-order valence-corrected chi connectivity index (χ3v) is 4.96. The molecule has 0 aliphatic heterocycles. The van der Waals surface area contributed by atoms with Gasteiger partial charge in [0.2, 0.25) is 0 Å². The highest BCUT2D eigenvalue weighted by Gasteiger charge is 2.21. The summed E-state index contributed by atoms with van der Waals surface area (Å²) in [5.74, 6) is 0.101. The van der Waals surface area contributed by atoms with E-state index >= 15 is 0 Å². The van der Waals surface area contributed by atoms with E-state index in [4.69, 9.17) is 9.47 Å². The number of ether oxygens (including phenoxy) is 2. The molecule has 0 saturated carbocycles. The lowest BCUT2D eigenvalue weighted by Crippen LogP contribution is -2.34. The summed E-state index contributed by atoms with van der Waals surface area (Å²) in [4.78, 5) is 24.2. The zero-order valence-corrected chi connectivity index (χ0v) is 16.4. The molecule has 5 nitrogen and oxygen atoms in total. The van der Waals surface area contributed by atoms with E-state index in [9.17, 15) is 9.59 Å². The average molecular weight is 381 g/mol. The summed E-state index contributed by atoms with van der Waals surface area (Å²) in [6, 6.07) is 15.7. The first-order valence-electron chi connectivity index (χ1n) is 9.79. The van der Waals surface area contributed by atoms with E-state index in [2.05, 4.69) is 25.2 Å². The van der Waals surface area contributed by atoms with E-state index in [1.54, 1.807) is 0 Å². The Labute approximate surface area is 166 Å². The van der Waals surface area contributed by atoms with Gasteiger partial charge < -0.3 is 14.8 Å². The fourth-order valence-electron chi connectivity index (χ4n) is 3.55. The van der Waals surface area contributed by atoms with Crippen LogP contribution in [0.15, 0.2) is 48.5 Å². The molecule has 0 bridgehead atoms. The van der Waals surface area contributed by atoms with Crippen LogP contribution in [0.5, 0.6) is 5.75 Å². The molecule has 0 spiro atoms. The van der Waals surface area contributed by atoms with Crippen molar-refractivity contribution in [2.45, 2.75) is 45.1 Å². The summed E-state index contributed by atoms with van der Waals surface area (Å²) in [5, 5.41) is 2.97. The number of hydrogen-bond acceptors (Lipinski definition) is 4. The average Bonchev–Trinajstić information content (AvgIpc) is 2.71. The fourth-order valence-corrected chi connectivity index (χ4v) is 3.55. The lowest BCUT2D eigenvalue weighted by atomic mass is 9.88. The number of benzene rings is 2. The van der Waals surface area contributed by atoms with Crippen molar-refractivity contribution in [1.82, 2.24) is 5.32 Å². The van der Waals surface area contributed by atoms with Gasteiger partial charge in [-0.1, -0.05) is 56.3 Å². The minimum atomic E-state index is -0.558.